The first-order chi connectivity index (χ1) is 12.6. The predicted octanol–water partition coefficient (Wildman–Crippen LogP) is 0.354. The van der Waals surface area contributed by atoms with Crippen LogP contribution in [0.5, 0.6) is 0 Å². The van der Waals surface area contributed by atoms with E-state index in [1.54, 1.807) is 0 Å². The highest BCUT2D eigenvalue weighted by atomic mass is 16.3. The molecule has 0 bridgehead atoms. The lowest BCUT2D eigenvalue weighted by Gasteiger charge is -2.32. The molecular formula is C18H27N7O. The number of aromatic nitrogens is 4. The zero-order valence-electron chi connectivity index (χ0n) is 15.3. The molecule has 3 N–H and O–H groups in total. The molecule has 0 unspecified atom stereocenters. The molecule has 2 aromatic heterocycles. The molecule has 140 valence electrons. The molecule has 4 heterocycles. The number of piperidine rings is 1. The molecule has 0 spiro atoms. The summed E-state index contributed by atoms with van der Waals surface area (Å²) in [7, 11) is 1.95. The topological polar surface area (TPSA) is 96.3 Å². The molecule has 1 fully saturated rings. The van der Waals surface area contributed by atoms with Crippen molar-refractivity contribution >= 4 is 11.8 Å². The van der Waals surface area contributed by atoms with Crippen LogP contribution in [0.1, 0.15) is 29.7 Å². The number of hydrogen-bond donors (Lipinski definition) is 2. The van der Waals surface area contributed by atoms with Crippen molar-refractivity contribution in [3.8, 4) is 0 Å². The Morgan fingerprint density at radius 3 is 2.65 bits per heavy atom. The Morgan fingerprint density at radius 1 is 1.15 bits per heavy atom. The van der Waals surface area contributed by atoms with Gasteiger partial charge in [0.05, 0.1) is 18.0 Å². The average Bonchev–Trinajstić information content (AvgIpc) is 2.92. The summed E-state index contributed by atoms with van der Waals surface area (Å²) in [5.74, 6) is 1.33. The zero-order chi connectivity index (χ0) is 18.1. The third-order valence-corrected chi connectivity index (χ3v) is 5.36. The predicted molar refractivity (Wildman–Crippen MR) is 99.8 cm³/mol. The zero-order valence-corrected chi connectivity index (χ0v) is 15.3. The number of aryl methyl sites for hydroxylation is 1. The fraction of sp³-hybridized carbons (Fsp3) is 0.611. The van der Waals surface area contributed by atoms with E-state index in [1.807, 2.05) is 17.9 Å². The van der Waals surface area contributed by atoms with Gasteiger partial charge < -0.3 is 15.7 Å². The third kappa shape index (κ3) is 3.66. The van der Waals surface area contributed by atoms with Crippen LogP contribution in [0.25, 0.3) is 0 Å². The van der Waals surface area contributed by atoms with Crippen molar-refractivity contribution < 1.29 is 5.11 Å². The first-order valence-corrected chi connectivity index (χ1v) is 9.36. The molecule has 2 aliphatic rings. The van der Waals surface area contributed by atoms with Gasteiger partial charge in [0.2, 0.25) is 5.95 Å². The average molecular weight is 357 g/mol. The second-order valence-electron chi connectivity index (χ2n) is 7.35. The molecule has 26 heavy (non-hydrogen) atoms. The number of rotatable bonds is 3. The smallest absolute Gasteiger partial charge is 0.222 e. The fourth-order valence-electron chi connectivity index (χ4n) is 3.95. The molecule has 8 nitrogen and oxygen atoms in total. The van der Waals surface area contributed by atoms with Crippen molar-refractivity contribution in [1.82, 2.24) is 24.6 Å². The maximum Gasteiger partial charge on any atom is 0.222 e. The highest BCUT2D eigenvalue weighted by Crippen LogP contribution is 2.28. The molecule has 0 aromatic carbocycles. The van der Waals surface area contributed by atoms with Crippen molar-refractivity contribution in [2.24, 2.45) is 7.05 Å². The van der Waals surface area contributed by atoms with Gasteiger partial charge >= 0.3 is 0 Å². The van der Waals surface area contributed by atoms with Gasteiger partial charge in [-0.3, -0.25) is 9.58 Å². The minimum absolute atomic E-state index is 0.195. The van der Waals surface area contributed by atoms with Gasteiger partial charge in [-0.1, -0.05) is 0 Å². The lowest BCUT2D eigenvalue weighted by molar-refractivity contribution is 0.145. The molecule has 1 saturated heterocycles. The molecule has 4 rings (SSSR count). The maximum absolute atomic E-state index is 9.79. The van der Waals surface area contributed by atoms with Gasteiger partial charge in [0, 0.05) is 63.5 Å². The molecule has 0 atom stereocenters. The summed E-state index contributed by atoms with van der Waals surface area (Å²) in [4.78, 5) is 13.8. The summed E-state index contributed by atoms with van der Waals surface area (Å²) in [6.45, 7) is 4.47. The van der Waals surface area contributed by atoms with E-state index in [9.17, 15) is 5.11 Å². The van der Waals surface area contributed by atoms with E-state index in [0.717, 1.165) is 69.9 Å². The van der Waals surface area contributed by atoms with E-state index in [1.165, 1.54) is 11.1 Å². The second-order valence-corrected chi connectivity index (χ2v) is 7.35. The number of nitrogens with zero attached hydrogens (tertiary/aromatic N) is 6. The Balaban J connectivity index is 1.52. The number of aliphatic hydroxyl groups excluding tert-OH is 1. The van der Waals surface area contributed by atoms with Gasteiger partial charge in [0.15, 0.2) is 0 Å². The number of fused-ring (bicyclic) bond motifs is 1. The standard InChI is InChI=1S/C18H27N7O/c1-23-11-13(10-20-23)12-24-6-4-15-16(5-7-24)21-18(19)22-17(15)25-8-2-14(26)3-9-25/h10-11,14,26H,2-9,12H2,1H3,(H2,19,21,22). The quantitative estimate of drug-likeness (QED) is 0.818. The first kappa shape index (κ1) is 17.2. The number of anilines is 2. The lowest BCUT2D eigenvalue weighted by atomic mass is 10.1. The van der Waals surface area contributed by atoms with Crippen LogP contribution in [0.2, 0.25) is 0 Å². The van der Waals surface area contributed by atoms with Gasteiger partial charge in [-0.15, -0.1) is 0 Å². The van der Waals surface area contributed by atoms with Crippen LogP contribution >= 0.6 is 0 Å². The molecule has 0 aliphatic carbocycles. The molecule has 8 heteroatoms. The molecule has 0 saturated carbocycles. The van der Waals surface area contributed by atoms with E-state index in [-0.39, 0.29) is 6.10 Å². The summed E-state index contributed by atoms with van der Waals surface area (Å²) in [5, 5.41) is 14.1. The van der Waals surface area contributed by atoms with Gasteiger partial charge in [-0.25, -0.2) is 4.98 Å². The van der Waals surface area contributed by atoms with Gasteiger partial charge in [0.1, 0.15) is 5.82 Å². The van der Waals surface area contributed by atoms with Crippen molar-refractivity contribution in [1.29, 1.82) is 0 Å². The summed E-state index contributed by atoms with van der Waals surface area (Å²) < 4.78 is 1.84. The SMILES string of the molecule is Cn1cc(CN2CCc3nc(N)nc(N4CCC(O)CC4)c3CC2)cn1. The lowest BCUT2D eigenvalue weighted by Crippen LogP contribution is -2.37. The highest BCUT2D eigenvalue weighted by molar-refractivity contribution is 5.53. The van der Waals surface area contributed by atoms with E-state index in [0.29, 0.717) is 5.95 Å². The van der Waals surface area contributed by atoms with Crippen molar-refractivity contribution in [3.05, 3.63) is 29.2 Å². The fourth-order valence-corrected chi connectivity index (χ4v) is 3.95. The number of nitrogen functional groups attached to an aromatic ring is 1. The van der Waals surface area contributed by atoms with Gasteiger partial charge in [0.25, 0.3) is 0 Å². The van der Waals surface area contributed by atoms with Crippen LogP contribution in [0.4, 0.5) is 11.8 Å². The normalized spacial score (nSPS) is 19.4. The van der Waals surface area contributed by atoms with Crippen LogP contribution in [-0.2, 0) is 26.4 Å². The highest BCUT2D eigenvalue weighted by Gasteiger charge is 2.25. The molecule has 0 amide bonds. The van der Waals surface area contributed by atoms with E-state index in [2.05, 4.69) is 31.1 Å². The monoisotopic (exact) mass is 357 g/mol. The largest absolute Gasteiger partial charge is 0.393 e. The Bertz CT molecular complexity index is 767. The summed E-state index contributed by atoms with van der Waals surface area (Å²) in [6.07, 6.45) is 7.17. The van der Waals surface area contributed by atoms with Crippen LogP contribution in [0, 0.1) is 0 Å². The molecule has 0 radical (unpaired) electrons. The Kier molecular flexibility index (Phi) is 4.78. The second kappa shape index (κ2) is 7.20. The number of nitrogens with two attached hydrogens (primary N) is 1. The van der Waals surface area contributed by atoms with Crippen LogP contribution in [-0.4, -0.2) is 62.0 Å². The van der Waals surface area contributed by atoms with E-state index < -0.39 is 0 Å². The van der Waals surface area contributed by atoms with Crippen molar-refractivity contribution in [3.63, 3.8) is 0 Å². The summed E-state index contributed by atoms with van der Waals surface area (Å²) in [5.41, 5.74) is 9.54. The van der Waals surface area contributed by atoms with Crippen LogP contribution in [0.3, 0.4) is 0 Å². The minimum atomic E-state index is -0.195. The first-order valence-electron chi connectivity index (χ1n) is 9.36. The Labute approximate surface area is 153 Å². The third-order valence-electron chi connectivity index (χ3n) is 5.36. The number of hydrogen-bond acceptors (Lipinski definition) is 7. The van der Waals surface area contributed by atoms with E-state index >= 15 is 0 Å². The summed E-state index contributed by atoms with van der Waals surface area (Å²) in [6, 6.07) is 0. The van der Waals surface area contributed by atoms with Crippen molar-refractivity contribution in [2.75, 3.05) is 36.8 Å². The van der Waals surface area contributed by atoms with Crippen LogP contribution in [0.15, 0.2) is 12.4 Å². The Hall–Kier alpha value is -2.19. The Morgan fingerprint density at radius 2 is 1.92 bits per heavy atom. The van der Waals surface area contributed by atoms with Gasteiger partial charge in [-0.2, -0.15) is 10.1 Å². The minimum Gasteiger partial charge on any atom is -0.393 e. The number of aliphatic hydroxyl groups is 1. The van der Waals surface area contributed by atoms with E-state index in [4.69, 9.17) is 5.73 Å². The maximum atomic E-state index is 9.79. The van der Waals surface area contributed by atoms with Crippen molar-refractivity contribution in [2.45, 2.75) is 38.3 Å². The molecule has 2 aromatic rings. The summed E-state index contributed by atoms with van der Waals surface area (Å²) >= 11 is 0. The molecular weight excluding hydrogens is 330 g/mol. The van der Waals surface area contributed by atoms with Crippen LogP contribution < -0.4 is 10.6 Å². The van der Waals surface area contributed by atoms with Gasteiger partial charge in [-0.05, 0) is 19.3 Å². The molecule has 2 aliphatic heterocycles.